The van der Waals surface area contributed by atoms with Crippen LogP contribution in [-0.4, -0.2) is 34.6 Å². The molecule has 0 radical (unpaired) electrons. The first-order chi connectivity index (χ1) is 10.3. The van der Waals surface area contributed by atoms with Crippen molar-refractivity contribution in [3.8, 4) is 0 Å². The molecular weight excluding hydrogens is 276 g/mol. The normalized spacial score (nSPS) is 12.3. The number of rotatable bonds is 4. The Bertz CT molecular complexity index is 662. The highest BCUT2D eigenvalue weighted by Gasteiger charge is 2.26. The number of hydrogen-bond acceptors (Lipinski definition) is 4. The van der Waals surface area contributed by atoms with Gasteiger partial charge < -0.3 is 4.90 Å². The predicted molar refractivity (Wildman–Crippen MR) is 89.4 cm³/mol. The minimum Gasteiger partial charge on any atom is -0.378 e. The molecule has 0 aliphatic heterocycles. The summed E-state index contributed by atoms with van der Waals surface area (Å²) in [5, 5.41) is 4.10. The molecule has 2 aromatic rings. The van der Waals surface area contributed by atoms with Crippen LogP contribution < -0.4 is 4.90 Å². The Morgan fingerprint density at radius 2 is 1.82 bits per heavy atom. The van der Waals surface area contributed by atoms with Crippen LogP contribution in [-0.2, 0) is 4.79 Å². The second-order valence-corrected chi connectivity index (χ2v) is 6.43. The third-order valence-electron chi connectivity index (χ3n) is 3.29. The number of benzene rings is 1. The Labute approximate surface area is 131 Å². The minimum atomic E-state index is -0.485. The van der Waals surface area contributed by atoms with Crippen molar-refractivity contribution in [1.82, 2.24) is 14.8 Å². The second kappa shape index (κ2) is 6.13. The molecule has 0 N–H and O–H groups in total. The third-order valence-corrected chi connectivity index (χ3v) is 3.29. The molecule has 1 heterocycles. The maximum absolute atomic E-state index is 12.7. The third kappa shape index (κ3) is 3.61. The van der Waals surface area contributed by atoms with Crippen molar-refractivity contribution in [1.29, 1.82) is 0 Å². The lowest BCUT2D eigenvalue weighted by Crippen LogP contribution is -2.24. The summed E-state index contributed by atoms with van der Waals surface area (Å²) in [6, 6.07) is 8.02. The smallest absolute Gasteiger partial charge is 0.186 e. The molecule has 2 rings (SSSR count). The molecule has 0 saturated heterocycles. The minimum absolute atomic E-state index is 0.0229. The molecule has 0 spiro atoms. The largest absolute Gasteiger partial charge is 0.378 e. The summed E-state index contributed by atoms with van der Waals surface area (Å²) in [6.07, 6.45) is 4.82. The van der Waals surface area contributed by atoms with Gasteiger partial charge in [0.25, 0.3) is 0 Å². The summed E-state index contributed by atoms with van der Waals surface area (Å²) < 4.78 is 1.52. The molecule has 0 fully saturated rings. The number of hydrogen-bond donors (Lipinski definition) is 0. The lowest BCUT2D eigenvalue weighted by atomic mass is 9.88. The van der Waals surface area contributed by atoms with E-state index >= 15 is 0 Å². The van der Waals surface area contributed by atoms with Gasteiger partial charge in [0.15, 0.2) is 5.78 Å². The Kier molecular flexibility index (Phi) is 4.45. The van der Waals surface area contributed by atoms with Gasteiger partial charge in [0.05, 0.1) is 0 Å². The quantitative estimate of drug-likeness (QED) is 0.814. The number of allylic oxidation sites excluding steroid dienone is 1. The number of carbonyl (C=O) groups excluding carboxylic acids is 1. The molecule has 22 heavy (non-hydrogen) atoms. The zero-order valence-electron chi connectivity index (χ0n) is 13.7. The maximum atomic E-state index is 12.7. The van der Waals surface area contributed by atoms with E-state index in [0.717, 1.165) is 11.3 Å². The SMILES string of the molecule is CN(C)c1ccc(C=C(C(=O)C(C)(C)C)n2cncn2)cc1. The number of ketones is 1. The van der Waals surface area contributed by atoms with Crippen LogP contribution in [0.2, 0.25) is 0 Å². The molecule has 0 unspecified atom stereocenters. The summed E-state index contributed by atoms with van der Waals surface area (Å²) >= 11 is 0. The van der Waals surface area contributed by atoms with Gasteiger partial charge in [0.1, 0.15) is 18.4 Å². The van der Waals surface area contributed by atoms with E-state index in [4.69, 9.17) is 0 Å². The predicted octanol–water partition coefficient (Wildman–Crippen LogP) is 2.96. The fourth-order valence-corrected chi connectivity index (χ4v) is 1.98. The highest BCUT2D eigenvalue weighted by molar-refractivity contribution is 6.21. The summed E-state index contributed by atoms with van der Waals surface area (Å²) in [5.41, 5.74) is 2.10. The monoisotopic (exact) mass is 298 g/mol. The van der Waals surface area contributed by atoms with Crippen molar-refractivity contribution in [2.24, 2.45) is 5.41 Å². The van der Waals surface area contributed by atoms with Crippen LogP contribution in [0.1, 0.15) is 26.3 Å². The van der Waals surface area contributed by atoms with Gasteiger partial charge in [-0.1, -0.05) is 32.9 Å². The van der Waals surface area contributed by atoms with Crippen LogP contribution in [0.25, 0.3) is 11.8 Å². The van der Waals surface area contributed by atoms with Crippen LogP contribution >= 0.6 is 0 Å². The van der Waals surface area contributed by atoms with Gasteiger partial charge in [-0.2, -0.15) is 5.10 Å². The lowest BCUT2D eigenvalue weighted by molar-refractivity contribution is -0.120. The molecule has 1 aromatic heterocycles. The zero-order valence-corrected chi connectivity index (χ0v) is 13.7. The zero-order chi connectivity index (χ0) is 16.3. The van der Waals surface area contributed by atoms with E-state index in [-0.39, 0.29) is 5.78 Å². The van der Waals surface area contributed by atoms with Crippen molar-refractivity contribution >= 4 is 23.2 Å². The number of carbonyl (C=O) groups is 1. The number of anilines is 1. The van der Waals surface area contributed by atoms with Crippen molar-refractivity contribution in [3.63, 3.8) is 0 Å². The van der Waals surface area contributed by atoms with Crippen LogP contribution in [0.5, 0.6) is 0 Å². The lowest BCUT2D eigenvalue weighted by Gasteiger charge is -2.19. The first-order valence-corrected chi connectivity index (χ1v) is 7.18. The average Bonchev–Trinajstić information content (AvgIpc) is 2.97. The number of Topliss-reactive ketones (excluding diaryl/α,β-unsaturated/α-hetero) is 1. The fourth-order valence-electron chi connectivity index (χ4n) is 1.98. The van der Waals surface area contributed by atoms with Crippen LogP contribution in [0, 0.1) is 5.41 Å². The van der Waals surface area contributed by atoms with Crippen molar-refractivity contribution in [2.45, 2.75) is 20.8 Å². The van der Waals surface area contributed by atoms with Gasteiger partial charge in [0, 0.05) is 25.2 Å². The highest BCUT2D eigenvalue weighted by atomic mass is 16.1. The molecule has 0 aliphatic rings. The Morgan fingerprint density at radius 3 is 2.27 bits per heavy atom. The van der Waals surface area contributed by atoms with Gasteiger partial charge in [0.2, 0.25) is 0 Å². The van der Waals surface area contributed by atoms with E-state index in [1.54, 1.807) is 6.33 Å². The van der Waals surface area contributed by atoms with E-state index in [2.05, 4.69) is 10.1 Å². The molecule has 1 aromatic carbocycles. The van der Waals surface area contributed by atoms with Crippen molar-refractivity contribution < 1.29 is 4.79 Å². The second-order valence-electron chi connectivity index (χ2n) is 6.43. The number of aromatic nitrogens is 3. The molecular formula is C17H22N4O. The Balaban J connectivity index is 2.43. The van der Waals surface area contributed by atoms with E-state index < -0.39 is 5.41 Å². The molecule has 5 heteroatoms. The van der Waals surface area contributed by atoms with E-state index in [1.807, 2.05) is 70.1 Å². The van der Waals surface area contributed by atoms with E-state index in [0.29, 0.717) is 5.70 Å². The van der Waals surface area contributed by atoms with Gasteiger partial charge in [-0.25, -0.2) is 9.67 Å². The summed E-state index contributed by atoms with van der Waals surface area (Å²) in [5.74, 6) is 0.0229. The topological polar surface area (TPSA) is 51.0 Å². The molecule has 0 amide bonds. The van der Waals surface area contributed by atoms with Crippen LogP contribution in [0.3, 0.4) is 0 Å². The van der Waals surface area contributed by atoms with Gasteiger partial charge in [-0.05, 0) is 23.8 Å². The van der Waals surface area contributed by atoms with Gasteiger partial charge in [-0.15, -0.1) is 0 Å². The summed E-state index contributed by atoms with van der Waals surface area (Å²) in [7, 11) is 3.99. The first kappa shape index (κ1) is 15.9. The van der Waals surface area contributed by atoms with Crippen LogP contribution in [0.15, 0.2) is 36.9 Å². The van der Waals surface area contributed by atoms with Crippen molar-refractivity contribution in [3.05, 3.63) is 42.5 Å². The van der Waals surface area contributed by atoms with E-state index in [9.17, 15) is 4.79 Å². The summed E-state index contributed by atoms with van der Waals surface area (Å²) in [4.78, 5) is 18.7. The molecule has 116 valence electrons. The first-order valence-electron chi connectivity index (χ1n) is 7.18. The van der Waals surface area contributed by atoms with E-state index in [1.165, 1.54) is 11.0 Å². The maximum Gasteiger partial charge on any atom is 0.186 e. The molecule has 0 bridgehead atoms. The average molecular weight is 298 g/mol. The molecule has 0 atom stereocenters. The fraction of sp³-hybridized carbons (Fsp3) is 0.353. The van der Waals surface area contributed by atoms with Crippen molar-refractivity contribution in [2.75, 3.05) is 19.0 Å². The Hall–Kier alpha value is -2.43. The molecule has 0 aliphatic carbocycles. The standard InChI is InChI=1S/C17H22N4O/c1-17(2,3)16(22)15(21-12-18-11-19-21)10-13-6-8-14(9-7-13)20(4)5/h6-12H,1-5H3. The molecule has 0 saturated carbocycles. The Morgan fingerprint density at radius 1 is 1.18 bits per heavy atom. The summed E-state index contributed by atoms with van der Waals surface area (Å²) in [6.45, 7) is 5.69. The highest BCUT2D eigenvalue weighted by Crippen LogP contribution is 2.24. The number of nitrogens with zero attached hydrogens (tertiary/aromatic N) is 4. The molecule has 5 nitrogen and oxygen atoms in total. The van der Waals surface area contributed by atoms with Gasteiger partial charge in [-0.3, -0.25) is 4.79 Å². The van der Waals surface area contributed by atoms with Gasteiger partial charge >= 0.3 is 0 Å². The van der Waals surface area contributed by atoms with Crippen LogP contribution in [0.4, 0.5) is 5.69 Å².